The molecule has 2 atom stereocenters. The van der Waals surface area contributed by atoms with E-state index >= 15 is 0 Å². The molecule has 0 saturated heterocycles. The number of Topliss-reactive ketones (excluding diaryl/α,β-unsaturated/α-hetero) is 1. The Bertz CT molecular complexity index is 314. The van der Waals surface area contributed by atoms with Crippen LogP contribution in [-0.2, 0) is 4.79 Å². The minimum atomic E-state index is -0.0963. The maximum absolute atomic E-state index is 13.1. The van der Waals surface area contributed by atoms with Crippen LogP contribution >= 0.6 is 0 Å². The summed E-state index contributed by atoms with van der Waals surface area (Å²) in [7, 11) is 0. The third-order valence-electron chi connectivity index (χ3n) is 5.36. The maximum atomic E-state index is 13.1. The van der Waals surface area contributed by atoms with Gasteiger partial charge in [-0.1, -0.05) is 70.9 Å². The van der Waals surface area contributed by atoms with Crippen LogP contribution in [0.3, 0.4) is 0 Å². The van der Waals surface area contributed by atoms with E-state index < -0.39 is 0 Å². The van der Waals surface area contributed by atoms with Gasteiger partial charge in [0.15, 0.2) is 0 Å². The van der Waals surface area contributed by atoms with E-state index in [2.05, 4.69) is 26.0 Å². The van der Waals surface area contributed by atoms with Crippen LogP contribution in [0.2, 0.25) is 0 Å². The van der Waals surface area contributed by atoms with Crippen molar-refractivity contribution in [3.05, 3.63) is 12.2 Å². The molecule has 2 aliphatic rings. The van der Waals surface area contributed by atoms with Gasteiger partial charge in [0.2, 0.25) is 0 Å². The van der Waals surface area contributed by atoms with E-state index in [4.69, 9.17) is 0 Å². The Balaban J connectivity index is 2.19. The Morgan fingerprint density at radius 2 is 1.11 bits per heavy atom. The van der Waals surface area contributed by atoms with Gasteiger partial charge in [0.05, 0.1) is 0 Å². The van der Waals surface area contributed by atoms with Crippen molar-refractivity contribution in [3.8, 4) is 0 Å². The molecule has 1 heteroatoms. The van der Waals surface area contributed by atoms with E-state index in [0.29, 0.717) is 5.78 Å². The predicted octanol–water partition coefficient (Wildman–Crippen LogP) is 5.44. The van der Waals surface area contributed by atoms with Crippen LogP contribution in [0.25, 0.3) is 0 Å². The van der Waals surface area contributed by atoms with E-state index in [0.717, 1.165) is 25.7 Å². The monoisotopic (exact) mass is 262 g/mol. The lowest BCUT2D eigenvalue weighted by Crippen LogP contribution is -2.39. The van der Waals surface area contributed by atoms with Crippen molar-refractivity contribution >= 4 is 5.78 Å². The molecule has 0 aromatic heterocycles. The van der Waals surface area contributed by atoms with Crippen LogP contribution in [-0.4, -0.2) is 5.78 Å². The minimum absolute atomic E-state index is 0.0963. The molecule has 2 aliphatic carbocycles. The first-order chi connectivity index (χ1) is 9.07. The average Bonchev–Trinajstić information content (AvgIpc) is 2.50. The third-order valence-corrected chi connectivity index (χ3v) is 5.36. The number of hydrogen-bond donors (Lipinski definition) is 0. The zero-order valence-corrected chi connectivity index (χ0v) is 12.8. The highest BCUT2D eigenvalue weighted by Crippen LogP contribution is 2.44. The quantitative estimate of drug-likeness (QED) is 0.531. The van der Waals surface area contributed by atoms with Gasteiger partial charge in [0.1, 0.15) is 5.78 Å². The number of carbonyl (C=O) groups is 1. The van der Waals surface area contributed by atoms with Crippen LogP contribution in [0.4, 0.5) is 0 Å². The summed E-state index contributed by atoms with van der Waals surface area (Å²) in [5, 5.41) is 0. The summed E-state index contributed by atoms with van der Waals surface area (Å²) in [5.74, 6) is 0.547. The molecule has 0 aromatic rings. The normalized spacial score (nSPS) is 38.1. The first-order valence-electron chi connectivity index (χ1n) is 8.27. The van der Waals surface area contributed by atoms with Gasteiger partial charge in [-0.15, -0.1) is 0 Å². The van der Waals surface area contributed by atoms with Crippen molar-refractivity contribution < 1.29 is 4.79 Å². The van der Waals surface area contributed by atoms with Crippen molar-refractivity contribution in [2.24, 2.45) is 10.8 Å². The zero-order chi connectivity index (χ0) is 13.8. The fraction of sp³-hybridized carbons (Fsp3) is 0.833. The molecule has 0 amide bonds. The van der Waals surface area contributed by atoms with Crippen LogP contribution in [0.15, 0.2) is 12.2 Å². The number of hydrogen-bond acceptors (Lipinski definition) is 1. The van der Waals surface area contributed by atoms with E-state index in [1.54, 1.807) is 0 Å². The molecule has 0 unspecified atom stereocenters. The van der Waals surface area contributed by atoms with Gasteiger partial charge in [-0.05, 0) is 25.7 Å². The summed E-state index contributed by atoms with van der Waals surface area (Å²) in [6, 6.07) is 0. The second-order valence-corrected chi connectivity index (χ2v) is 7.30. The van der Waals surface area contributed by atoms with Gasteiger partial charge in [0, 0.05) is 10.8 Å². The summed E-state index contributed by atoms with van der Waals surface area (Å²) in [6.07, 6.45) is 17.8. The maximum Gasteiger partial charge on any atom is 0.145 e. The average molecular weight is 262 g/mol. The highest BCUT2D eigenvalue weighted by Gasteiger charge is 2.44. The number of fused-ring (bicyclic) bond motifs is 2. The molecule has 0 spiro atoms. The third kappa shape index (κ3) is 3.49. The molecule has 1 nitrogen and oxygen atoms in total. The molecule has 2 bridgehead atoms. The van der Waals surface area contributed by atoms with Gasteiger partial charge in [0.25, 0.3) is 0 Å². The summed E-state index contributed by atoms with van der Waals surface area (Å²) in [6.45, 7) is 4.43. The van der Waals surface area contributed by atoms with Crippen molar-refractivity contribution in [1.82, 2.24) is 0 Å². The lowest BCUT2D eigenvalue weighted by Gasteiger charge is -2.36. The van der Waals surface area contributed by atoms with Crippen LogP contribution in [0, 0.1) is 10.8 Å². The van der Waals surface area contributed by atoms with Crippen molar-refractivity contribution in [1.29, 1.82) is 0 Å². The van der Waals surface area contributed by atoms with Crippen LogP contribution in [0.5, 0.6) is 0 Å². The Kier molecular flexibility index (Phi) is 4.86. The zero-order valence-electron chi connectivity index (χ0n) is 12.8. The van der Waals surface area contributed by atoms with E-state index in [9.17, 15) is 4.79 Å². The molecule has 0 N–H and O–H groups in total. The van der Waals surface area contributed by atoms with E-state index in [-0.39, 0.29) is 10.8 Å². The lowest BCUT2D eigenvalue weighted by atomic mass is 9.66. The molecule has 0 aromatic carbocycles. The molecular formula is C18H30O. The van der Waals surface area contributed by atoms with Crippen molar-refractivity contribution in [3.63, 3.8) is 0 Å². The molecule has 1 saturated carbocycles. The highest BCUT2D eigenvalue weighted by molar-refractivity contribution is 5.90. The summed E-state index contributed by atoms with van der Waals surface area (Å²) in [5.41, 5.74) is -0.193. The molecule has 2 rings (SSSR count). The van der Waals surface area contributed by atoms with Gasteiger partial charge in [-0.25, -0.2) is 0 Å². The van der Waals surface area contributed by atoms with Gasteiger partial charge in [-0.2, -0.15) is 0 Å². The predicted molar refractivity (Wildman–Crippen MR) is 81.1 cm³/mol. The molecule has 0 heterocycles. The number of allylic oxidation sites excluding steroid dienone is 2. The Hall–Kier alpha value is -0.590. The fourth-order valence-electron chi connectivity index (χ4n) is 3.95. The second kappa shape index (κ2) is 6.24. The molecule has 0 aliphatic heterocycles. The molecule has 108 valence electrons. The SMILES string of the molecule is C[C@]12CC=CC[C@](C)(CCCCCCCCC1)C2=O. The first kappa shape index (κ1) is 14.8. The van der Waals surface area contributed by atoms with Gasteiger partial charge < -0.3 is 0 Å². The molecule has 1 fully saturated rings. The Morgan fingerprint density at radius 1 is 0.737 bits per heavy atom. The van der Waals surface area contributed by atoms with E-state index in [1.165, 1.54) is 44.9 Å². The lowest BCUT2D eigenvalue weighted by molar-refractivity contribution is -0.138. The first-order valence-corrected chi connectivity index (χ1v) is 8.27. The molecular weight excluding hydrogens is 232 g/mol. The number of rotatable bonds is 0. The number of carbonyl (C=O) groups excluding carboxylic acids is 1. The summed E-state index contributed by atoms with van der Waals surface area (Å²) < 4.78 is 0. The summed E-state index contributed by atoms with van der Waals surface area (Å²) in [4.78, 5) is 13.1. The molecule has 0 radical (unpaired) electrons. The summed E-state index contributed by atoms with van der Waals surface area (Å²) >= 11 is 0. The molecule has 19 heavy (non-hydrogen) atoms. The number of ketones is 1. The van der Waals surface area contributed by atoms with Crippen molar-refractivity contribution in [2.45, 2.75) is 84.5 Å². The van der Waals surface area contributed by atoms with Gasteiger partial charge in [-0.3, -0.25) is 4.79 Å². The smallest absolute Gasteiger partial charge is 0.145 e. The second-order valence-electron chi connectivity index (χ2n) is 7.30. The topological polar surface area (TPSA) is 17.1 Å². The van der Waals surface area contributed by atoms with Crippen LogP contribution in [0.1, 0.15) is 84.5 Å². The highest BCUT2D eigenvalue weighted by atomic mass is 16.1. The minimum Gasteiger partial charge on any atom is -0.298 e. The van der Waals surface area contributed by atoms with Crippen molar-refractivity contribution in [2.75, 3.05) is 0 Å². The van der Waals surface area contributed by atoms with Crippen LogP contribution < -0.4 is 0 Å². The van der Waals surface area contributed by atoms with E-state index in [1.807, 2.05) is 0 Å². The largest absolute Gasteiger partial charge is 0.298 e. The Labute approximate surface area is 118 Å². The standard InChI is InChI=1S/C18H30O/c1-17-12-8-6-4-3-5-7-9-13-18(2,16(17)19)15-11-10-14-17/h10-11H,3-9,12-15H2,1-2H3/t17-,18+. The fourth-order valence-corrected chi connectivity index (χ4v) is 3.95. The van der Waals surface area contributed by atoms with Gasteiger partial charge >= 0.3 is 0 Å². The Morgan fingerprint density at radius 3 is 1.53 bits per heavy atom.